The summed E-state index contributed by atoms with van der Waals surface area (Å²) >= 11 is 5.93. The molecule has 0 unspecified atom stereocenters. The van der Waals surface area contributed by atoms with Gasteiger partial charge in [0.1, 0.15) is 9.20 Å². The summed E-state index contributed by atoms with van der Waals surface area (Å²) in [5.41, 5.74) is 5.46. The Morgan fingerprint density at radius 2 is 2.22 bits per heavy atom. The maximum Gasteiger partial charge on any atom is 0.250 e. The molecule has 100 valence electrons. The largest absolute Gasteiger partial charge is 0.389 e. The molecule has 1 aliphatic carbocycles. The molecular formula is C11H16N2O2S3. The fourth-order valence-electron chi connectivity index (χ4n) is 1.85. The van der Waals surface area contributed by atoms with Gasteiger partial charge in [-0.2, -0.15) is 0 Å². The quantitative estimate of drug-likeness (QED) is 0.787. The third-order valence-corrected chi connectivity index (χ3v) is 6.58. The summed E-state index contributed by atoms with van der Waals surface area (Å²) in [7, 11) is -3.40. The highest BCUT2D eigenvalue weighted by molar-refractivity contribution is 7.91. The first-order chi connectivity index (χ1) is 8.49. The Labute approximate surface area is 117 Å². The van der Waals surface area contributed by atoms with E-state index in [1.165, 1.54) is 19.3 Å². The summed E-state index contributed by atoms with van der Waals surface area (Å²) in [6.45, 7) is 0.507. The minimum Gasteiger partial charge on any atom is -0.389 e. The highest BCUT2D eigenvalue weighted by atomic mass is 32.2. The summed E-state index contributed by atoms with van der Waals surface area (Å²) in [6.07, 6.45) is 4.66. The van der Waals surface area contributed by atoms with Crippen LogP contribution < -0.4 is 10.5 Å². The van der Waals surface area contributed by atoms with Crippen LogP contribution in [0.3, 0.4) is 0 Å². The molecule has 0 radical (unpaired) electrons. The van der Waals surface area contributed by atoms with Crippen molar-refractivity contribution in [3.63, 3.8) is 0 Å². The second-order valence-corrected chi connectivity index (χ2v) is 7.98. The number of rotatable bonds is 6. The lowest BCUT2D eigenvalue weighted by molar-refractivity contribution is 0.297. The number of thiophene rings is 1. The lowest BCUT2D eigenvalue weighted by Crippen LogP contribution is -2.27. The van der Waals surface area contributed by atoms with E-state index in [4.69, 9.17) is 18.0 Å². The van der Waals surface area contributed by atoms with Gasteiger partial charge in [-0.15, -0.1) is 11.3 Å². The predicted molar refractivity (Wildman–Crippen MR) is 77.4 cm³/mol. The molecule has 18 heavy (non-hydrogen) atoms. The van der Waals surface area contributed by atoms with Crippen LogP contribution in [0.1, 0.15) is 30.6 Å². The molecule has 0 spiro atoms. The van der Waals surface area contributed by atoms with Crippen molar-refractivity contribution in [2.75, 3.05) is 6.54 Å². The molecule has 1 aliphatic rings. The van der Waals surface area contributed by atoms with Crippen LogP contribution in [0.5, 0.6) is 0 Å². The number of hydrogen-bond donors (Lipinski definition) is 2. The molecule has 0 aliphatic heterocycles. The molecule has 7 heteroatoms. The Hall–Kier alpha value is -0.500. The fraction of sp³-hybridized carbons (Fsp3) is 0.545. The molecule has 0 amide bonds. The van der Waals surface area contributed by atoms with Crippen LogP contribution in [0.25, 0.3) is 0 Å². The maximum atomic E-state index is 12.0. The van der Waals surface area contributed by atoms with Gasteiger partial charge in [0.05, 0.1) is 4.88 Å². The lowest BCUT2D eigenvalue weighted by atomic mass is 9.83. The van der Waals surface area contributed by atoms with Crippen LogP contribution >= 0.6 is 23.6 Å². The van der Waals surface area contributed by atoms with Gasteiger partial charge in [0.15, 0.2) is 0 Å². The van der Waals surface area contributed by atoms with Crippen molar-refractivity contribution in [2.45, 2.75) is 29.9 Å². The highest BCUT2D eigenvalue weighted by Crippen LogP contribution is 2.29. The molecule has 1 aromatic rings. The third kappa shape index (κ3) is 3.28. The standard InChI is InChI=1S/C11H16N2O2S3/c12-11(16)9-4-5-10(17-9)18(14,15)13-7-6-8-2-1-3-8/h4-5,8,13H,1-3,6-7H2,(H2,12,16). The molecule has 4 nitrogen and oxygen atoms in total. The van der Waals surface area contributed by atoms with E-state index in [0.717, 1.165) is 17.8 Å². The van der Waals surface area contributed by atoms with Gasteiger partial charge in [-0.25, -0.2) is 13.1 Å². The van der Waals surface area contributed by atoms with Gasteiger partial charge in [0.2, 0.25) is 10.0 Å². The van der Waals surface area contributed by atoms with E-state index in [0.29, 0.717) is 17.3 Å². The molecule has 2 rings (SSSR count). The van der Waals surface area contributed by atoms with Crippen molar-refractivity contribution in [2.24, 2.45) is 11.7 Å². The summed E-state index contributed by atoms with van der Waals surface area (Å²) in [6, 6.07) is 3.19. The highest BCUT2D eigenvalue weighted by Gasteiger charge is 2.20. The van der Waals surface area contributed by atoms with Crippen LogP contribution in [0.15, 0.2) is 16.3 Å². The predicted octanol–water partition coefficient (Wildman–Crippen LogP) is 1.85. The van der Waals surface area contributed by atoms with Gasteiger partial charge >= 0.3 is 0 Å². The van der Waals surface area contributed by atoms with Crippen molar-refractivity contribution in [3.05, 3.63) is 17.0 Å². The molecule has 0 aromatic carbocycles. The molecule has 3 N–H and O–H groups in total. The van der Waals surface area contributed by atoms with Crippen LogP contribution in [-0.2, 0) is 10.0 Å². The number of thiocarbonyl (C=S) groups is 1. The van der Waals surface area contributed by atoms with Gasteiger partial charge in [-0.3, -0.25) is 0 Å². The van der Waals surface area contributed by atoms with Gasteiger partial charge in [-0.05, 0) is 24.5 Å². The van der Waals surface area contributed by atoms with Crippen molar-refractivity contribution in [3.8, 4) is 0 Å². The van der Waals surface area contributed by atoms with E-state index in [2.05, 4.69) is 4.72 Å². The molecule has 0 atom stereocenters. The van der Waals surface area contributed by atoms with Crippen LogP contribution in [0.2, 0.25) is 0 Å². The van der Waals surface area contributed by atoms with E-state index < -0.39 is 10.0 Å². The monoisotopic (exact) mass is 304 g/mol. The van der Waals surface area contributed by atoms with E-state index in [9.17, 15) is 8.42 Å². The number of nitrogens with one attached hydrogen (secondary N) is 1. The molecular weight excluding hydrogens is 288 g/mol. The molecule has 1 heterocycles. The number of sulfonamides is 1. The van der Waals surface area contributed by atoms with E-state index in [-0.39, 0.29) is 9.20 Å². The molecule has 1 fully saturated rings. The SMILES string of the molecule is NC(=S)c1ccc(S(=O)(=O)NCCC2CCC2)s1. The topological polar surface area (TPSA) is 72.2 Å². The Balaban J connectivity index is 1.93. The zero-order valence-corrected chi connectivity index (χ0v) is 12.3. The van der Waals surface area contributed by atoms with Crippen molar-refractivity contribution >= 4 is 38.6 Å². The Morgan fingerprint density at radius 1 is 1.50 bits per heavy atom. The van der Waals surface area contributed by atoms with E-state index in [1.54, 1.807) is 12.1 Å². The minimum atomic E-state index is -3.40. The smallest absolute Gasteiger partial charge is 0.250 e. The zero-order valence-electron chi connectivity index (χ0n) is 9.89. The van der Waals surface area contributed by atoms with Gasteiger partial charge in [0.25, 0.3) is 0 Å². The van der Waals surface area contributed by atoms with Crippen molar-refractivity contribution in [1.29, 1.82) is 0 Å². The maximum absolute atomic E-state index is 12.0. The average molecular weight is 304 g/mol. The average Bonchev–Trinajstić information content (AvgIpc) is 2.71. The van der Waals surface area contributed by atoms with Gasteiger partial charge in [-0.1, -0.05) is 31.5 Å². The second-order valence-electron chi connectivity index (χ2n) is 4.47. The lowest BCUT2D eigenvalue weighted by Gasteiger charge is -2.24. The molecule has 0 saturated heterocycles. The van der Waals surface area contributed by atoms with Crippen molar-refractivity contribution < 1.29 is 8.42 Å². The summed E-state index contributed by atoms with van der Waals surface area (Å²) in [5, 5.41) is 0. The summed E-state index contributed by atoms with van der Waals surface area (Å²) < 4.78 is 26.8. The molecule has 1 saturated carbocycles. The van der Waals surface area contributed by atoms with E-state index >= 15 is 0 Å². The molecule has 0 bridgehead atoms. The zero-order chi connectivity index (χ0) is 13.2. The summed E-state index contributed by atoms with van der Waals surface area (Å²) in [4.78, 5) is 0.861. The van der Waals surface area contributed by atoms with Crippen LogP contribution in [0.4, 0.5) is 0 Å². The number of hydrogen-bond acceptors (Lipinski definition) is 4. The Bertz CT molecular complexity index is 532. The molecule has 1 aromatic heterocycles. The van der Waals surface area contributed by atoms with Crippen LogP contribution in [0, 0.1) is 5.92 Å². The van der Waals surface area contributed by atoms with Gasteiger partial charge < -0.3 is 5.73 Å². The second kappa shape index (κ2) is 5.64. The van der Waals surface area contributed by atoms with Crippen molar-refractivity contribution in [1.82, 2.24) is 4.72 Å². The summed E-state index contributed by atoms with van der Waals surface area (Å²) in [5.74, 6) is 0.697. The first kappa shape index (κ1) is 13.9. The third-order valence-electron chi connectivity index (χ3n) is 3.16. The first-order valence-electron chi connectivity index (χ1n) is 5.88. The van der Waals surface area contributed by atoms with E-state index in [1.807, 2.05) is 0 Å². The van der Waals surface area contributed by atoms with Gasteiger partial charge in [0, 0.05) is 6.54 Å². The fourth-order valence-corrected chi connectivity index (χ4v) is 4.29. The number of nitrogens with two attached hydrogens (primary N) is 1. The normalized spacial score (nSPS) is 16.4. The Morgan fingerprint density at radius 3 is 2.72 bits per heavy atom. The Kier molecular flexibility index (Phi) is 4.37. The van der Waals surface area contributed by atoms with Crippen LogP contribution in [-0.4, -0.2) is 20.0 Å². The minimum absolute atomic E-state index is 0.232. The first-order valence-corrected chi connectivity index (χ1v) is 8.59.